The summed E-state index contributed by atoms with van der Waals surface area (Å²) < 4.78 is 5.60. The van der Waals surface area contributed by atoms with Gasteiger partial charge >= 0.3 is 5.97 Å². The Labute approximate surface area is 109 Å². The van der Waals surface area contributed by atoms with E-state index in [-0.39, 0.29) is 18.0 Å². The summed E-state index contributed by atoms with van der Waals surface area (Å²) in [5.74, 6) is -0.618. The minimum absolute atomic E-state index is 0.0526. The highest BCUT2D eigenvalue weighted by Crippen LogP contribution is 2.28. The number of aromatic carboxylic acids is 1. The molecule has 5 heteroatoms. The van der Waals surface area contributed by atoms with Crippen molar-refractivity contribution in [1.82, 2.24) is 4.90 Å². The number of carbonyl (C=O) groups is 2. The second-order valence-corrected chi connectivity index (χ2v) is 4.62. The fraction of sp³-hybridized carbons (Fsp3) is 0.286. The SMILES string of the molecule is O=C(O)c1c(CN2CCCC2=O)oc2ccccc12. The molecule has 2 heterocycles. The van der Waals surface area contributed by atoms with Crippen LogP contribution >= 0.6 is 0 Å². The van der Waals surface area contributed by atoms with E-state index in [2.05, 4.69) is 0 Å². The highest BCUT2D eigenvalue weighted by atomic mass is 16.4. The lowest BCUT2D eigenvalue weighted by atomic mass is 10.1. The lowest BCUT2D eigenvalue weighted by Crippen LogP contribution is -2.24. The first-order valence-corrected chi connectivity index (χ1v) is 6.18. The molecule has 0 atom stereocenters. The zero-order valence-electron chi connectivity index (χ0n) is 10.3. The molecule has 98 valence electrons. The van der Waals surface area contributed by atoms with Crippen molar-refractivity contribution in [3.63, 3.8) is 0 Å². The highest BCUT2D eigenvalue weighted by molar-refractivity contribution is 6.03. The second kappa shape index (κ2) is 4.42. The van der Waals surface area contributed by atoms with Gasteiger partial charge in [-0.15, -0.1) is 0 Å². The molecule has 1 aliphatic heterocycles. The number of furan rings is 1. The molecule has 3 rings (SSSR count). The van der Waals surface area contributed by atoms with Crippen molar-refractivity contribution < 1.29 is 19.1 Å². The number of carboxylic acids is 1. The average Bonchev–Trinajstić information content (AvgIpc) is 2.93. The van der Waals surface area contributed by atoms with E-state index in [4.69, 9.17) is 4.42 Å². The lowest BCUT2D eigenvalue weighted by molar-refractivity contribution is -0.128. The largest absolute Gasteiger partial charge is 0.478 e. The van der Waals surface area contributed by atoms with E-state index in [1.165, 1.54) is 0 Å². The molecule has 0 saturated carbocycles. The van der Waals surface area contributed by atoms with Crippen LogP contribution < -0.4 is 0 Å². The number of fused-ring (bicyclic) bond motifs is 1. The van der Waals surface area contributed by atoms with Gasteiger partial charge in [-0.3, -0.25) is 4.79 Å². The van der Waals surface area contributed by atoms with Gasteiger partial charge in [0.05, 0.1) is 6.54 Å². The normalized spacial score (nSPS) is 15.4. The summed E-state index contributed by atoms with van der Waals surface area (Å²) in [6, 6.07) is 7.02. The molecule has 0 bridgehead atoms. The van der Waals surface area contributed by atoms with E-state index in [9.17, 15) is 14.7 Å². The Hall–Kier alpha value is -2.30. The molecule has 0 aliphatic carbocycles. The van der Waals surface area contributed by atoms with Crippen molar-refractivity contribution in [2.24, 2.45) is 0 Å². The van der Waals surface area contributed by atoms with Crippen molar-refractivity contribution in [3.8, 4) is 0 Å². The second-order valence-electron chi connectivity index (χ2n) is 4.62. The van der Waals surface area contributed by atoms with Crippen LogP contribution in [0.15, 0.2) is 28.7 Å². The number of para-hydroxylation sites is 1. The third-order valence-electron chi connectivity index (χ3n) is 3.39. The number of carboxylic acid groups (broad SMARTS) is 1. The molecule has 1 aromatic carbocycles. The lowest BCUT2D eigenvalue weighted by Gasteiger charge is -2.13. The monoisotopic (exact) mass is 259 g/mol. The number of likely N-dealkylation sites (tertiary alicyclic amines) is 1. The molecule has 0 spiro atoms. The molecule has 1 N–H and O–H groups in total. The Morgan fingerprint density at radius 3 is 2.84 bits per heavy atom. The maximum atomic E-state index is 11.6. The summed E-state index contributed by atoms with van der Waals surface area (Å²) >= 11 is 0. The van der Waals surface area contributed by atoms with Crippen LogP contribution in [0, 0.1) is 0 Å². The van der Waals surface area contributed by atoms with Crippen LogP contribution in [-0.2, 0) is 11.3 Å². The van der Waals surface area contributed by atoms with Gasteiger partial charge in [-0.2, -0.15) is 0 Å². The van der Waals surface area contributed by atoms with Gasteiger partial charge in [-0.05, 0) is 12.5 Å². The molecule has 1 fully saturated rings. The Balaban J connectivity index is 2.04. The summed E-state index contributed by atoms with van der Waals surface area (Å²) in [6.45, 7) is 0.893. The van der Waals surface area contributed by atoms with Gasteiger partial charge in [0, 0.05) is 18.4 Å². The predicted molar refractivity (Wildman–Crippen MR) is 67.8 cm³/mol. The van der Waals surface area contributed by atoms with Gasteiger partial charge < -0.3 is 14.4 Å². The van der Waals surface area contributed by atoms with Gasteiger partial charge in [0.15, 0.2) is 0 Å². The minimum atomic E-state index is -1.02. The molecule has 1 aromatic heterocycles. The fourth-order valence-corrected chi connectivity index (χ4v) is 2.49. The fourth-order valence-electron chi connectivity index (χ4n) is 2.49. The van der Waals surface area contributed by atoms with Crippen LogP contribution in [0.3, 0.4) is 0 Å². The predicted octanol–water partition coefficient (Wildman–Crippen LogP) is 2.25. The molecule has 0 radical (unpaired) electrons. The molecular formula is C14H13NO4. The molecule has 5 nitrogen and oxygen atoms in total. The number of hydrogen-bond donors (Lipinski definition) is 1. The van der Waals surface area contributed by atoms with Crippen LogP contribution in [0.5, 0.6) is 0 Å². The first kappa shape index (κ1) is 11.8. The molecule has 19 heavy (non-hydrogen) atoms. The number of amides is 1. The topological polar surface area (TPSA) is 70.8 Å². The van der Waals surface area contributed by atoms with Gasteiger partial charge in [-0.25, -0.2) is 4.79 Å². The maximum Gasteiger partial charge on any atom is 0.339 e. The third-order valence-corrected chi connectivity index (χ3v) is 3.39. The first-order chi connectivity index (χ1) is 9.16. The van der Waals surface area contributed by atoms with Crippen molar-refractivity contribution in [1.29, 1.82) is 0 Å². The zero-order valence-corrected chi connectivity index (χ0v) is 10.3. The first-order valence-electron chi connectivity index (χ1n) is 6.18. The smallest absolute Gasteiger partial charge is 0.339 e. The number of benzene rings is 1. The molecule has 1 amide bonds. The summed E-state index contributed by atoms with van der Waals surface area (Å²) in [4.78, 5) is 24.6. The van der Waals surface area contributed by atoms with Crippen molar-refractivity contribution >= 4 is 22.8 Å². The van der Waals surface area contributed by atoms with Gasteiger partial charge in [0.25, 0.3) is 0 Å². The zero-order chi connectivity index (χ0) is 13.4. The molecule has 2 aromatic rings. The Bertz CT molecular complexity index is 659. The van der Waals surface area contributed by atoms with Gasteiger partial charge in [0.2, 0.25) is 5.91 Å². The molecule has 0 unspecified atom stereocenters. The Morgan fingerprint density at radius 2 is 2.16 bits per heavy atom. The van der Waals surface area contributed by atoms with Crippen LogP contribution in [-0.4, -0.2) is 28.4 Å². The van der Waals surface area contributed by atoms with E-state index in [1.807, 2.05) is 0 Å². The number of nitrogens with zero attached hydrogens (tertiary/aromatic N) is 1. The molecule has 1 saturated heterocycles. The standard InChI is InChI=1S/C14H13NO4/c16-12-6-3-7-15(12)8-11-13(14(17)18)9-4-1-2-5-10(9)19-11/h1-2,4-5H,3,6-8H2,(H,17,18). The van der Waals surface area contributed by atoms with Crippen LogP contribution in [0.4, 0.5) is 0 Å². The van der Waals surface area contributed by atoms with Crippen LogP contribution in [0.2, 0.25) is 0 Å². The van der Waals surface area contributed by atoms with E-state index >= 15 is 0 Å². The van der Waals surface area contributed by atoms with Gasteiger partial charge in [0.1, 0.15) is 16.9 Å². The number of rotatable bonds is 3. The minimum Gasteiger partial charge on any atom is -0.478 e. The summed E-state index contributed by atoms with van der Waals surface area (Å²) in [6.07, 6.45) is 1.35. The number of carbonyl (C=O) groups excluding carboxylic acids is 1. The maximum absolute atomic E-state index is 11.6. The Kier molecular flexibility index (Phi) is 2.74. The number of hydrogen-bond acceptors (Lipinski definition) is 3. The van der Waals surface area contributed by atoms with Crippen molar-refractivity contribution in [3.05, 3.63) is 35.6 Å². The third kappa shape index (κ3) is 1.97. The molecule has 1 aliphatic rings. The average molecular weight is 259 g/mol. The highest BCUT2D eigenvalue weighted by Gasteiger charge is 2.26. The van der Waals surface area contributed by atoms with E-state index < -0.39 is 5.97 Å². The summed E-state index contributed by atoms with van der Waals surface area (Å²) in [5.41, 5.74) is 0.705. The summed E-state index contributed by atoms with van der Waals surface area (Å²) in [5, 5.41) is 9.91. The van der Waals surface area contributed by atoms with Crippen molar-refractivity contribution in [2.75, 3.05) is 6.54 Å². The van der Waals surface area contributed by atoms with Crippen LogP contribution in [0.25, 0.3) is 11.0 Å². The quantitative estimate of drug-likeness (QED) is 0.917. The van der Waals surface area contributed by atoms with Gasteiger partial charge in [-0.1, -0.05) is 18.2 Å². The van der Waals surface area contributed by atoms with Crippen LogP contribution in [0.1, 0.15) is 29.0 Å². The molecular weight excluding hydrogens is 246 g/mol. The summed E-state index contributed by atoms with van der Waals surface area (Å²) in [7, 11) is 0. The van der Waals surface area contributed by atoms with Crippen molar-refractivity contribution in [2.45, 2.75) is 19.4 Å². The van der Waals surface area contributed by atoms with E-state index in [0.29, 0.717) is 29.7 Å². The van der Waals surface area contributed by atoms with E-state index in [0.717, 1.165) is 6.42 Å². The van der Waals surface area contributed by atoms with E-state index in [1.54, 1.807) is 29.2 Å². The Morgan fingerprint density at radius 1 is 1.37 bits per heavy atom.